The van der Waals surface area contributed by atoms with Crippen molar-refractivity contribution in [3.63, 3.8) is 0 Å². The highest BCUT2D eigenvalue weighted by molar-refractivity contribution is 5.87. The van der Waals surface area contributed by atoms with Gasteiger partial charge in [-0.15, -0.1) is 0 Å². The molecule has 0 aliphatic heterocycles. The number of nitrogens with one attached hydrogen (secondary N) is 2. The number of rotatable bonds is 7. The van der Waals surface area contributed by atoms with Crippen molar-refractivity contribution in [3.8, 4) is 0 Å². The van der Waals surface area contributed by atoms with E-state index in [-0.39, 0.29) is 18.3 Å². The maximum Gasteiger partial charge on any atom is 0.259 e. The third-order valence-electron chi connectivity index (χ3n) is 3.75. The van der Waals surface area contributed by atoms with Crippen molar-refractivity contribution in [3.05, 3.63) is 71.0 Å². The van der Waals surface area contributed by atoms with Crippen molar-refractivity contribution in [2.24, 2.45) is 5.10 Å². The Morgan fingerprint density at radius 3 is 2.38 bits per heavy atom. The molecule has 2 aromatic carbocycles. The molecular formula is C21H24FN3O. The quantitative estimate of drug-likeness (QED) is 0.566. The van der Waals surface area contributed by atoms with Gasteiger partial charge in [-0.3, -0.25) is 4.79 Å². The number of halogens is 1. The van der Waals surface area contributed by atoms with Gasteiger partial charge in [0.25, 0.3) is 5.91 Å². The third-order valence-corrected chi connectivity index (χ3v) is 3.75. The molecule has 2 rings (SSSR count). The highest BCUT2D eigenvalue weighted by atomic mass is 19.1. The van der Waals surface area contributed by atoms with Gasteiger partial charge in [0.05, 0.1) is 12.8 Å². The fourth-order valence-corrected chi connectivity index (χ4v) is 2.27. The van der Waals surface area contributed by atoms with Crippen LogP contribution in [0, 0.1) is 5.82 Å². The van der Waals surface area contributed by atoms with Gasteiger partial charge in [-0.25, -0.2) is 9.82 Å². The minimum absolute atomic E-state index is 0.0579. The molecule has 4 nitrogen and oxygen atoms in total. The highest BCUT2D eigenvalue weighted by Gasteiger charge is 2.00. The Bertz CT molecular complexity index is 778. The predicted molar refractivity (Wildman–Crippen MR) is 106 cm³/mol. The molecule has 2 aromatic rings. The number of allylic oxidation sites excluding steroid dienone is 1. The van der Waals surface area contributed by atoms with E-state index < -0.39 is 0 Å². The SMILES string of the molecule is CC(/C=N\NC(=O)CNc1ccc(F)cc1)=C/c1ccc(C(C)C)cc1. The summed E-state index contributed by atoms with van der Waals surface area (Å²) in [5.41, 5.74) is 6.44. The van der Waals surface area contributed by atoms with Crippen LogP contribution in [0.15, 0.2) is 59.2 Å². The smallest absolute Gasteiger partial charge is 0.259 e. The number of nitrogens with zero attached hydrogens (tertiary/aromatic N) is 1. The van der Waals surface area contributed by atoms with Crippen molar-refractivity contribution in [2.45, 2.75) is 26.7 Å². The number of carbonyl (C=O) groups is 1. The summed E-state index contributed by atoms with van der Waals surface area (Å²) < 4.78 is 12.8. The van der Waals surface area contributed by atoms with Crippen molar-refractivity contribution >= 4 is 23.9 Å². The molecular weight excluding hydrogens is 329 g/mol. The van der Waals surface area contributed by atoms with Gasteiger partial charge in [0.2, 0.25) is 0 Å². The van der Waals surface area contributed by atoms with Gasteiger partial charge in [-0.05, 0) is 53.8 Å². The molecule has 2 N–H and O–H groups in total. The Labute approximate surface area is 153 Å². The number of hydrogen-bond donors (Lipinski definition) is 2. The fraction of sp³-hybridized carbons (Fsp3) is 0.238. The summed E-state index contributed by atoms with van der Waals surface area (Å²) in [5.74, 6) is -0.0835. The molecule has 0 aliphatic rings. The lowest BCUT2D eigenvalue weighted by atomic mass is 10.0. The standard InChI is InChI=1S/C21H24FN3O/c1-15(2)18-6-4-17(5-7-18)12-16(3)13-24-25-21(26)14-23-20-10-8-19(22)9-11-20/h4-13,15,23H,14H2,1-3H3,(H,25,26)/b16-12-,24-13-. The van der Waals surface area contributed by atoms with Crippen LogP contribution in [0.25, 0.3) is 6.08 Å². The monoisotopic (exact) mass is 353 g/mol. The third kappa shape index (κ3) is 6.51. The molecule has 0 unspecified atom stereocenters. The summed E-state index contributed by atoms with van der Waals surface area (Å²) >= 11 is 0. The van der Waals surface area contributed by atoms with Crippen molar-refractivity contribution < 1.29 is 9.18 Å². The molecule has 0 bridgehead atoms. The van der Waals surface area contributed by atoms with E-state index in [1.165, 1.54) is 17.7 Å². The molecule has 0 atom stereocenters. The van der Waals surface area contributed by atoms with Crippen LogP contribution in [0.3, 0.4) is 0 Å². The minimum Gasteiger partial charge on any atom is -0.376 e. The Hall–Kier alpha value is -2.95. The van der Waals surface area contributed by atoms with E-state index in [9.17, 15) is 9.18 Å². The van der Waals surface area contributed by atoms with Crippen molar-refractivity contribution in [2.75, 3.05) is 11.9 Å². The number of anilines is 1. The van der Waals surface area contributed by atoms with Crippen LogP contribution in [-0.4, -0.2) is 18.7 Å². The minimum atomic E-state index is -0.314. The second-order valence-corrected chi connectivity index (χ2v) is 6.36. The van der Waals surface area contributed by atoms with Crippen LogP contribution >= 0.6 is 0 Å². The number of hydrogen-bond acceptors (Lipinski definition) is 3. The maximum absolute atomic E-state index is 12.8. The lowest BCUT2D eigenvalue weighted by molar-refractivity contribution is -0.119. The average molecular weight is 353 g/mol. The Balaban J connectivity index is 1.80. The molecule has 0 saturated heterocycles. The first-order valence-corrected chi connectivity index (χ1v) is 8.53. The molecule has 0 radical (unpaired) electrons. The molecule has 0 heterocycles. The van der Waals surface area contributed by atoms with Gasteiger partial charge in [0, 0.05) is 5.69 Å². The van der Waals surface area contributed by atoms with Gasteiger partial charge in [0.1, 0.15) is 5.82 Å². The van der Waals surface area contributed by atoms with Crippen molar-refractivity contribution in [1.29, 1.82) is 0 Å². The van der Waals surface area contributed by atoms with E-state index in [1.54, 1.807) is 18.3 Å². The van der Waals surface area contributed by atoms with Gasteiger partial charge in [0.15, 0.2) is 0 Å². The van der Waals surface area contributed by atoms with Crippen LogP contribution in [0.2, 0.25) is 0 Å². The summed E-state index contributed by atoms with van der Waals surface area (Å²) in [5, 5.41) is 6.84. The summed E-state index contributed by atoms with van der Waals surface area (Å²) in [6.45, 7) is 6.30. The average Bonchev–Trinajstić information content (AvgIpc) is 2.61. The van der Waals surface area contributed by atoms with E-state index in [4.69, 9.17) is 0 Å². The molecule has 0 aromatic heterocycles. The van der Waals surface area contributed by atoms with Gasteiger partial charge < -0.3 is 5.32 Å². The lowest BCUT2D eigenvalue weighted by Crippen LogP contribution is -2.25. The van der Waals surface area contributed by atoms with Crippen LogP contribution < -0.4 is 10.7 Å². The summed E-state index contributed by atoms with van der Waals surface area (Å²) in [6.07, 6.45) is 3.60. The summed E-state index contributed by atoms with van der Waals surface area (Å²) in [7, 11) is 0. The Morgan fingerprint density at radius 2 is 1.77 bits per heavy atom. The zero-order chi connectivity index (χ0) is 18.9. The highest BCUT2D eigenvalue weighted by Crippen LogP contribution is 2.16. The Morgan fingerprint density at radius 1 is 1.12 bits per heavy atom. The first kappa shape index (κ1) is 19.4. The zero-order valence-corrected chi connectivity index (χ0v) is 15.3. The Kier molecular flexibility index (Phi) is 7.09. The largest absolute Gasteiger partial charge is 0.376 e. The van der Waals surface area contributed by atoms with E-state index in [0.717, 1.165) is 11.1 Å². The van der Waals surface area contributed by atoms with Crippen LogP contribution in [-0.2, 0) is 4.79 Å². The van der Waals surface area contributed by atoms with E-state index in [1.807, 2.05) is 13.0 Å². The maximum atomic E-state index is 12.8. The van der Waals surface area contributed by atoms with E-state index >= 15 is 0 Å². The van der Waals surface area contributed by atoms with Gasteiger partial charge in [-0.2, -0.15) is 5.10 Å². The van der Waals surface area contributed by atoms with Crippen LogP contribution in [0.5, 0.6) is 0 Å². The van der Waals surface area contributed by atoms with Gasteiger partial charge >= 0.3 is 0 Å². The topological polar surface area (TPSA) is 53.5 Å². The zero-order valence-electron chi connectivity index (χ0n) is 15.3. The lowest BCUT2D eigenvalue weighted by Gasteiger charge is -2.05. The predicted octanol–water partition coefficient (Wildman–Crippen LogP) is 4.57. The second-order valence-electron chi connectivity index (χ2n) is 6.36. The van der Waals surface area contributed by atoms with Crippen LogP contribution in [0.4, 0.5) is 10.1 Å². The molecule has 5 heteroatoms. The molecule has 0 fully saturated rings. The number of carbonyl (C=O) groups excluding carboxylic acids is 1. The molecule has 0 saturated carbocycles. The molecule has 0 spiro atoms. The van der Waals surface area contributed by atoms with E-state index in [0.29, 0.717) is 11.6 Å². The number of hydrazone groups is 1. The summed E-state index contributed by atoms with van der Waals surface area (Å²) in [4.78, 5) is 11.7. The van der Waals surface area contributed by atoms with Crippen molar-refractivity contribution in [1.82, 2.24) is 5.43 Å². The molecule has 1 amide bonds. The fourth-order valence-electron chi connectivity index (χ4n) is 2.27. The van der Waals surface area contributed by atoms with Crippen LogP contribution in [0.1, 0.15) is 37.8 Å². The van der Waals surface area contributed by atoms with E-state index in [2.05, 4.69) is 54.0 Å². The molecule has 26 heavy (non-hydrogen) atoms. The first-order chi connectivity index (χ1) is 12.4. The summed E-state index contributed by atoms with van der Waals surface area (Å²) in [6, 6.07) is 14.2. The molecule has 0 aliphatic carbocycles. The second kappa shape index (κ2) is 9.51. The normalized spacial score (nSPS) is 11.8. The molecule has 136 valence electrons. The van der Waals surface area contributed by atoms with Gasteiger partial charge in [-0.1, -0.05) is 44.2 Å². The first-order valence-electron chi connectivity index (χ1n) is 8.53. The number of amides is 1. The number of benzene rings is 2.